The Morgan fingerprint density at radius 1 is 1.09 bits per heavy atom. The highest BCUT2D eigenvalue weighted by Crippen LogP contribution is 2.39. The van der Waals surface area contributed by atoms with Crippen LogP contribution in [0, 0.1) is 0 Å². The quantitative estimate of drug-likeness (QED) is 0.397. The van der Waals surface area contributed by atoms with Crippen LogP contribution in [-0.2, 0) is 6.18 Å². The third kappa shape index (κ3) is 5.65. The Bertz CT molecular complexity index is 1240. The number of alkyl halides is 3. The first kappa shape index (κ1) is 24.3. The molecular formula is C25H25F3N4O3. The third-order valence-electron chi connectivity index (χ3n) is 5.86. The molecule has 184 valence electrons. The molecule has 0 unspecified atom stereocenters. The van der Waals surface area contributed by atoms with Crippen LogP contribution >= 0.6 is 0 Å². The Balaban J connectivity index is 1.55. The molecule has 1 aliphatic rings. The summed E-state index contributed by atoms with van der Waals surface area (Å²) in [7, 11) is 0. The molecule has 1 amide bonds. The average molecular weight is 486 g/mol. The lowest BCUT2D eigenvalue weighted by molar-refractivity contribution is -0.137. The van der Waals surface area contributed by atoms with Gasteiger partial charge in [-0.3, -0.25) is 9.59 Å². The fourth-order valence-corrected chi connectivity index (χ4v) is 4.12. The Kier molecular flexibility index (Phi) is 7.11. The van der Waals surface area contributed by atoms with Crippen LogP contribution < -0.4 is 21.1 Å². The molecule has 10 heteroatoms. The van der Waals surface area contributed by atoms with E-state index in [1.54, 1.807) is 29.2 Å². The number of pyridine rings is 1. The van der Waals surface area contributed by atoms with Crippen LogP contribution in [0.25, 0.3) is 0 Å². The van der Waals surface area contributed by atoms with Crippen molar-refractivity contribution in [2.24, 2.45) is 0 Å². The molecule has 1 fully saturated rings. The lowest BCUT2D eigenvalue weighted by Gasteiger charge is -2.23. The minimum Gasteiger partial charge on any atom is -0.387 e. The number of hydrogen-bond donors (Lipinski definition) is 4. The molecule has 4 rings (SSSR count). The second-order valence-electron chi connectivity index (χ2n) is 8.28. The summed E-state index contributed by atoms with van der Waals surface area (Å²) >= 11 is 0. The summed E-state index contributed by atoms with van der Waals surface area (Å²) in [5.74, 6) is -0.870. The van der Waals surface area contributed by atoms with Gasteiger partial charge in [-0.05, 0) is 42.7 Å². The van der Waals surface area contributed by atoms with Gasteiger partial charge in [0.05, 0.1) is 17.4 Å². The van der Waals surface area contributed by atoms with Crippen LogP contribution in [0.5, 0.6) is 0 Å². The first-order chi connectivity index (χ1) is 16.7. The van der Waals surface area contributed by atoms with Crippen molar-refractivity contribution in [3.63, 3.8) is 0 Å². The van der Waals surface area contributed by atoms with Crippen molar-refractivity contribution in [2.75, 3.05) is 35.2 Å². The predicted octanol–water partition coefficient (Wildman–Crippen LogP) is 4.39. The van der Waals surface area contributed by atoms with E-state index in [-0.39, 0.29) is 29.2 Å². The summed E-state index contributed by atoms with van der Waals surface area (Å²) in [5.41, 5.74) is -1.08. The second kappa shape index (κ2) is 10.2. The SMILES string of the molecule is O=C(Nc1ccc(N2CCCC2)c(C(F)(F)F)c1)c1c(NC[C@@H](O)c2ccccc2)cc[nH]c1=O. The van der Waals surface area contributed by atoms with Crippen LogP contribution in [0.4, 0.5) is 30.2 Å². The standard InChI is InChI=1S/C25H25F3N4O3/c26-25(27,28)18-14-17(8-9-20(18)32-12-4-5-13-32)31-24(35)22-19(10-11-29-23(22)34)30-15-21(33)16-6-2-1-3-7-16/h1-3,6-11,14,21,33H,4-5,12-13,15H2,(H,31,35)(H2,29,30,34)/t21-/m1/s1. The van der Waals surface area contributed by atoms with E-state index in [0.29, 0.717) is 18.7 Å². The van der Waals surface area contributed by atoms with E-state index in [1.165, 1.54) is 24.4 Å². The van der Waals surface area contributed by atoms with E-state index in [4.69, 9.17) is 0 Å². The van der Waals surface area contributed by atoms with E-state index in [1.807, 2.05) is 6.07 Å². The number of aliphatic hydroxyl groups is 1. The molecule has 1 saturated heterocycles. The van der Waals surface area contributed by atoms with Crippen LogP contribution in [0.1, 0.15) is 40.4 Å². The number of H-pyrrole nitrogens is 1. The lowest BCUT2D eigenvalue weighted by atomic mass is 10.1. The van der Waals surface area contributed by atoms with Gasteiger partial charge in [0, 0.05) is 37.2 Å². The van der Waals surface area contributed by atoms with Gasteiger partial charge in [0.15, 0.2) is 0 Å². The highest BCUT2D eigenvalue weighted by molar-refractivity contribution is 6.07. The molecule has 0 saturated carbocycles. The minimum atomic E-state index is -4.61. The number of aromatic amines is 1. The molecule has 0 bridgehead atoms. The summed E-state index contributed by atoms with van der Waals surface area (Å²) in [6.45, 7) is 1.09. The number of anilines is 3. The van der Waals surface area contributed by atoms with Gasteiger partial charge >= 0.3 is 6.18 Å². The number of carbonyl (C=O) groups is 1. The Morgan fingerprint density at radius 3 is 2.49 bits per heavy atom. The Labute approximate surface area is 199 Å². The molecule has 3 aromatic rings. The third-order valence-corrected chi connectivity index (χ3v) is 5.86. The second-order valence-corrected chi connectivity index (χ2v) is 8.28. The van der Waals surface area contributed by atoms with Crippen molar-refractivity contribution >= 4 is 23.0 Å². The molecule has 1 aromatic heterocycles. The molecule has 0 radical (unpaired) electrons. The lowest BCUT2D eigenvalue weighted by Crippen LogP contribution is -2.26. The van der Waals surface area contributed by atoms with Crippen molar-refractivity contribution < 1.29 is 23.1 Å². The maximum Gasteiger partial charge on any atom is 0.418 e. The molecule has 2 heterocycles. The first-order valence-electron chi connectivity index (χ1n) is 11.2. The number of aliphatic hydroxyl groups excluding tert-OH is 1. The van der Waals surface area contributed by atoms with Crippen LogP contribution in [0.2, 0.25) is 0 Å². The van der Waals surface area contributed by atoms with E-state index < -0.39 is 29.3 Å². The molecule has 1 aliphatic heterocycles. The Hall–Kier alpha value is -3.79. The number of halogens is 3. The summed E-state index contributed by atoms with van der Waals surface area (Å²) < 4.78 is 41.3. The number of amides is 1. The molecule has 4 N–H and O–H groups in total. The van der Waals surface area contributed by atoms with Crippen molar-refractivity contribution in [1.82, 2.24) is 4.98 Å². The maximum absolute atomic E-state index is 13.8. The average Bonchev–Trinajstić information content (AvgIpc) is 3.37. The zero-order chi connectivity index (χ0) is 25.0. The van der Waals surface area contributed by atoms with Crippen molar-refractivity contribution in [1.29, 1.82) is 0 Å². The molecule has 7 nitrogen and oxygen atoms in total. The number of nitrogens with one attached hydrogen (secondary N) is 3. The topological polar surface area (TPSA) is 97.5 Å². The van der Waals surface area contributed by atoms with Crippen LogP contribution in [0.3, 0.4) is 0 Å². The summed E-state index contributed by atoms with van der Waals surface area (Å²) in [6.07, 6.45) is -2.53. The summed E-state index contributed by atoms with van der Waals surface area (Å²) in [5, 5.41) is 15.7. The van der Waals surface area contributed by atoms with Crippen molar-refractivity contribution in [3.05, 3.63) is 87.8 Å². The zero-order valence-electron chi connectivity index (χ0n) is 18.7. The van der Waals surface area contributed by atoms with Gasteiger partial charge in [0.2, 0.25) is 0 Å². The zero-order valence-corrected chi connectivity index (χ0v) is 18.7. The fraction of sp³-hybridized carbons (Fsp3) is 0.280. The number of hydrogen-bond acceptors (Lipinski definition) is 5. The highest BCUT2D eigenvalue weighted by Gasteiger charge is 2.36. The molecule has 35 heavy (non-hydrogen) atoms. The Morgan fingerprint density at radius 2 is 1.80 bits per heavy atom. The van der Waals surface area contributed by atoms with Crippen molar-refractivity contribution in [3.8, 4) is 0 Å². The fourth-order valence-electron chi connectivity index (χ4n) is 4.12. The molecule has 0 spiro atoms. The van der Waals surface area contributed by atoms with Gasteiger partial charge in [-0.25, -0.2) is 0 Å². The number of benzene rings is 2. The minimum absolute atomic E-state index is 0.0104. The number of nitrogens with zero attached hydrogens (tertiary/aromatic N) is 1. The predicted molar refractivity (Wildman–Crippen MR) is 128 cm³/mol. The first-order valence-corrected chi connectivity index (χ1v) is 11.2. The van der Waals surface area contributed by atoms with Gasteiger partial charge in [0.1, 0.15) is 5.56 Å². The smallest absolute Gasteiger partial charge is 0.387 e. The van der Waals surface area contributed by atoms with Gasteiger partial charge in [-0.2, -0.15) is 13.2 Å². The van der Waals surface area contributed by atoms with E-state index in [2.05, 4.69) is 15.6 Å². The van der Waals surface area contributed by atoms with Gasteiger partial charge in [0.25, 0.3) is 11.5 Å². The van der Waals surface area contributed by atoms with Gasteiger partial charge in [-0.15, -0.1) is 0 Å². The number of carbonyl (C=O) groups excluding carboxylic acids is 1. The van der Waals surface area contributed by atoms with E-state index >= 15 is 0 Å². The van der Waals surface area contributed by atoms with Gasteiger partial charge in [-0.1, -0.05) is 30.3 Å². The number of rotatable bonds is 7. The van der Waals surface area contributed by atoms with E-state index in [9.17, 15) is 27.9 Å². The van der Waals surface area contributed by atoms with Gasteiger partial charge < -0.3 is 25.6 Å². The largest absolute Gasteiger partial charge is 0.418 e. The normalized spacial score (nSPS) is 14.6. The molecular weight excluding hydrogens is 461 g/mol. The van der Waals surface area contributed by atoms with Crippen LogP contribution in [0.15, 0.2) is 65.6 Å². The van der Waals surface area contributed by atoms with E-state index in [0.717, 1.165) is 18.9 Å². The highest BCUT2D eigenvalue weighted by atomic mass is 19.4. The van der Waals surface area contributed by atoms with Crippen LogP contribution in [-0.4, -0.2) is 35.6 Å². The molecule has 0 aliphatic carbocycles. The van der Waals surface area contributed by atoms with Crippen molar-refractivity contribution in [2.45, 2.75) is 25.1 Å². The molecule has 2 aromatic carbocycles. The summed E-state index contributed by atoms with van der Waals surface area (Å²) in [4.78, 5) is 29.5. The molecule has 1 atom stereocenters. The monoisotopic (exact) mass is 486 g/mol. The maximum atomic E-state index is 13.8. The number of aromatic nitrogens is 1. The summed E-state index contributed by atoms with van der Waals surface area (Å²) in [6, 6.07) is 13.9.